The average Bonchev–Trinajstić information content (AvgIpc) is 2.54. The van der Waals surface area contributed by atoms with Gasteiger partial charge in [-0.25, -0.2) is 0 Å². The van der Waals surface area contributed by atoms with Gasteiger partial charge in [0.05, 0.1) is 0 Å². The van der Waals surface area contributed by atoms with Crippen LogP contribution in [0.4, 0.5) is 11.4 Å². The number of nitrogens with zero attached hydrogens (tertiary/aromatic N) is 1. The summed E-state index contributed by atoms with van der Waals surface area (Å²) in [6.07, 6.45) is 0. The fourth-order valence-corrected chi connectivity index (χ4v) is 2.66. The first kappa shape index (κ1) is 17.7. The summed E-state index contributed by atoms with van der Waals surface area (Å²) in [5.41, 5.74) is 3.67. The number of nitrogens with one attached hydrogen (secondary N) is 1. The lowest BCUT2D eigenvalue weighted by atomic mass is 9.98. The molecule has 0 aromatic heterocycles. The second kappa shape index (κ2) is 7.77. The van der Waals surface area contributed by atoms with E-state index in [9.17, 15) is 9.59 Å². The second-order valence-electron chi connectivity index (χ2n) is 6.18. The quantitative estimate of drug-likeness (QED) is 0.900. The summed E-state index contributed by atoms with van der Waals surface area (Å²) in [7, 11) is 0. The van der Waals surface area contributed by atoms with Crippen LogP contribution in [-0.4, -0.2) is 18.4 Å². The lowest BCUT2D eigenvalue weighted by molar-refractivity contribution is -0.120. The van der Waals surface area contributed by atoms with Crippen molar-refractivity contribution in [2.45, 2.75) is 33.6 Å². The minimum atomic E-state index is -0.203. The van der Waals surface area contributed by atoms with Crippen molar-refractivity contribution in [2.75, 3.05) is 16.8 Å². The van der Waals surface area contributed by atoms with Crippen molar-refractivity contribution >= 4 is 23.2 Å². The van der Waals surface area contributed by atoms with Crippen LogP contribution >= 0.6 is 0 Å². The molecular weight excluding hydrogens is 300 g/mol. The van der Waals surface area contributed by atoms with Gasteiger partial charge >= 0.3 is 0 Å². The first-order valence-corrected chi connectivity index (χ1v) is 8.12. The van der Waals surface area contributed by atoms with E-state index in [1.165, 1.54) is 11.8 Å². The van der Waals surface area contributed by atoms with Crippen LogP contribution in [0.1, 0.15) is 37.8 Å². The van der Waals surface area contributed by atoms with Crippen molar-refractivity contribution in [3.05, 3.63) is 59.7 Å². The number of hydrogen-bond acceptors (Lipinski definition) is 2. The molecule has 2 rings (SSSR count). The first-order valence-electron chi connectivity index (χ1n) is 8.12. The summed E-state index contributed by atoms with van der Waals surface area (Å²) in [6, 6.07) is 15.2. The van der Waals surface area contributed by atoms with Gasteiger partial charge in [0.2, 0.25) is 11.8 Å². The molecule has 0 radical (unpaired) electrons. The lowest BCUT2D eigenvalue weighted by Crippen LogP contribution is -2.36. The summed E-state index contributed by atoms with van der Waals surface area (Å²) in [6.45, 7) is 7.62. The van der Waals surface area contributed by atoms with Crippen molar-refractivity contribution in [3.63, 3.8) is 0 Å². The third-order valence-electron chi connectivity index (χ3n) is 3.94. The number of carbonyl (C=O) groups is 2. The lowest BCUT2D eigenvalue weighted by Gasteiger charge is -2.22. The Balaban J connectivity index is 2.20. The predicted octanol–water partition coefficient (Wildman–Crippen LogP) is 4.11. The van der Waals surface area contributed by atoms with Crippen LogP contribution in [0, 0.1) is 6.92 Å². The van der Waals surface area contributed by atoms with E-state index in [2.05, 4.69) is 19.2 Å². The highest BCUT2D eigenvalue weighted by atomic mass is 16.2. The van der Waals surface area contributed by atoms with Gasteiger partial charge in [-0.05, 0) is 36.1 Å². The smallest absolute Gasteiger partial charge is 0.244 e. The number of rotatable bonds is 5. The molecule has 4 heteroatoms. The van der Waals surface area contributed by atoms with Gasteiger partial charge in [-0.15, -0.1) is 0 Å². The van der Waals surface area contributed by atoms with E-state index in [0.29, 0.717) is 11.6 Å². The molecule has 0 bridgehead atoms. The van der Waals surface area contributed by atoms with E-state index >= 15 is 0 Å². The number of benzene rings is 2. The highest BCUT2D eigenvalue weighted by Crippen LogP contribution is 2.27. The molecule has 2 aromatic carbocycles. The normalized spacial score (nSPS) is 10.5. The molecule has 126 valence electrons. The topological polar surface area (TPSA) is 49.4 Å². The molecule has 0 saturated heterocycles. The molecule has 0 fully saturated rings. The van der Waals surface area contributed by atoms with Crippen molar-refractivity contribution in [1.29, 1.82) is 0 Å². The van der Waals surface area contributed by atoms with Gasteiger partial charge in [0, 0.05) is 18.3 Å². The predicted molar refractivity (Wildman–Crippen MR) is 98.4 cm³/mol. The van der Waals surface area contributed by atoms with Gasteiger partial charge in [-0.1, -0.05) is 50.2 Å². The van der Waals surface area contributed by atoms with Crippen LogP contribution < -0.4 is 10.2 Å². The summed E-state index contributed by atoms with van der Waals surface area (Å²) >= 11 is 0. The van der Waals surface area contributed by atoms with E-state index in [1.54, 1.807) is 0 Å². The zero-order valence-corrected chi connectivity index (χ0v) is 14.7. The van der Waals surface area contributed by atoms with Crippen LogP contribution in [-0.2, 0) is 9.59 Å². The van der Waals surface area contributed by atoms with E-state index in [1.807, 2.05) is 55.5 Å². The highest BCUT2D eigenvalue weighted by molar-refractivity contribution is 6.02. The molecule has 0 aliphatic carbocycles. The zero-order chi connectivity index (χ0) is 17.7. The number of hydrogen-bond donors (Lipinski definition) is 1. The SMILES string of the molecule is CC(=O)N(CC(=O)Nc1c(C)cccc1C(C)C)c1ccccc1. The molecule has 0 unspecified atom stereocenters. The van der Waals surface area contributed by atoms with Crippen molar-refractivity contribution < 1.29 is 9.59 Å². The maximum atomic E-state index is 12.5. The Hall–Kier alpha value is -2.62. The minimum absolute atomic E-state index is 0.00871. The fraction of sp³-hybridized carbons (Fsp3) is 0.300. The molecule has 0 saturated carbocycles. The Bertz CT molecular complexity index is 724. The van der Waals surface area contributed by atoms with E-state index < -0.39 is 0 Å². The summed E-state index contributed by atoms with van der Waals surface area (Å²) in [5.74, 6) is -0.0614. The molecular formula is C20H24N2O2. The number of para-hydroxylation sites is 2. The zero-order valence-electron chi connectivity index (χ0n) is 14.7. The van der Waals surface area contributed by atoms with Crippen LogP contribution in [0.3, 0.4) is 0 Å². The molecule has 2 aromatic rings. The molecule has 1 N–H and O–H groups in total. The molecule has 0 spiro atoms. The molecule has 4 nitrogen and oxygen atoms in total. The maximum absolute atomic E-state index is 12.5. The molecule has 0 atom stereocenters. The highest BCUT2D eigenvalue weighted by Gasteiger charge is 2.17. The Morgan fingerprint density at radius 1 is 1.04 bits per heavy atom. The number of carbonyl (C=O) groups excluding carboxylic acids is 2. The minimum Gasteiger partial charge on any atom is -0.324 e. The molecule has 0 heterocycles. The van der Waals surface area contributed by atoms with Gasteiger partial charge in [0.1, 0.15) is 6.54 Å². The Labute approximate surface area is 143 Å². The third-order valence-corrected chi connectivity index (χ3v) is 3.94. The van der Waals surface area contributed by atoms with Gasteiger partial charge in [0.25, 0.3) is 0 Å². The van der Waals surface area contributed by atoms with Crippen LogP contribution in [0.2, 0.25) is 0 Å². The van der Waals surface area contributed by atoms with Crippen LogP contribution in [0.15, 0.2) is 48.5 Å². The van der Waals surface area contributed by atoms with E-state index in [-0.39, 0.29) is 18.4 Å². The van der Waals surface area contributed by atoms with Crippen molar-refractivity contribution in [3.8, 4) is 0 Å². The number of aryl methyl sites for hydroxylation is 1. The van der Waals surface area contributed by atoms with E-state index in [4.69, 9.17) is 0 Å². The first-order chi connectivity index (χ1) is 11.4. The number of amides is 2. The monoisotopic (exact) mass is 324 g/mol. The third kappa shape index (κ3) is 4.22. The number of anilines is 2. The fourth-order valence-electron chi connectivity index (χ4n) is 2.66. The van der Waals surface area contributed by atoms with Gasteiger partial charge in [-0.2, -0.15) is 0 Å². The molecule has 0 aliphatic heterocycles. The van der Waals surface area contributed by atoms with Gasteiger partial charge in [0.15, 0.2) is 0 Å². The average molecular weight is 324 g/mol. The Morgan fingerprint density at radius 3 is 2.29 bits per heavy atom. The Morgan fingerprint density at radius 2 is 1.71 bits per heavy atom. The van der Waals surface area contributed by atoms with Crippen molar-refractivity contribution in [1.82, 2.24) is 0 Å². The summed E-state index contributed by atoms with van der Waals surface area (Å²) in [5, 5.41) is 2.98. The second-order valence-corrected chi connectivity index (χ2v) is 6.18. The summed E-state index contributed by atoms with van der Waals surface area (Å²) in [4.78, 5) is 25.9. The standard InChI is InChI=1S/C20H24N2O2/c1-14(2)18-12-8-9-15(3)20(18)21-19(24)13-22(16(4)23)17-10-6-5-7-11-17/h5-12,14H,13H2,1-4H3,(H,21,24). The van der Waals surface area contributed by atoms with Gasteiger partial charge in [-0.3, -0.25) is 9.59 Å². The largest absolute Gasteiger partial charge is 0.324 e. The molecule has 24 heavy (non-hydrogen) atoms. The van der Waals surface area contributed by atoms with E-state index in [0.717, 1.165) is 16.8 Å². The maximum Gasteiger partial charge on any atom is 0.244 e. The van der Waals surface area contributed by atoms with Crippen molar-refractivity contribution in [2.24, 2.45) is 0 Å². The molecule has 0 aliphatic rings. The summed E-state index contributed by atoms with van der Waals surface area (Å²) < 4.78 is 0. The van der Waals surface area contributed by atoms with Crippen LogP contribution in [0.25, 0.3) is 0 Å². The van der Waals surface area contributed by atoms with Gasteiger partial charge < -0.3 is 10.2 Å². The molecule has 2 amide bonds. The Kier molecular flexibility index (Phi) is 5.74. The van der Waals surface area contributed by atoms with Crippen LogP contribution in [0.5, 0.6) is 0 Å².